The SMILES string of the molecule is Cc1cccc(-c2cnc(NC(=O)C3(C)CC4(N=O)c5ccccc5C3c3ccccc34)[nH]2)c1. The lowest BCUT2D eigenvalue weighted by atomic mass is 9.49. The van der Waals surface area contributed by atoms with E-state index in [0.717, 1.165) is 39.1 Å². The lowest BCUT2D eigenvalue weighted by Crippen LogP contribution is -2.53. The maximum atomic E-state index is 13.8. The van der Waals surface area contributed by atoms with E-state index in [4.69, 9.17) is 0 Å². The molecule has 168 valence electrons. The molecule has 2 N–H and O–H groups in total. The van der Waals surface area contributed by atoms with E-state index in [1.54, 1.807) is 6.20 Å². The number of rotatable bonds is 4. The molecule has 1 atom stereocenters. The van der Waals surface area contributed by atoms with Gasteiger partial charge in [0, 0.05) is 5.92 Å². The number of benzene rings is 3. The Morgan fingerprint density at radius 3 is 2.35 bits per heavy atom. The summed E-state index contributed by atoms with van der Waals surface area (Å²) in [4.78, 5) is 34.0. The number of hydrogen-bond acceptors (Lipinski definition) is 4. The molecule has 0 radical (unpaired) electrons. The largest absolute Gasteiger partial charge is 0.324 e. The number of amides is 1. The lowest BCUT2D eigenvalue weighted by Gasteiger charge is -2.53. The third-order valence-electron chi connectivity index (χ3n) is 7.51. The molecule has 3 aliphatic carbocycles. The second kappa shape index (κ2) is 7.22. The number of aryl methyl sites for hydroxylation is 1. The van der Waals surface area contributed by atoms with E-state index in [2.05, 4.69) is 26.5 Å². The summed E-state index contributed by atoms with van der Waals surface area (Å²) in [5.41, 5.74) is 4.79. The maximum Gasteiger partial charge on any atom is 0.233 e. The average Bonchev–Trinajstić information content (AvgIpc) is 3.32. The highest BCUT2D eigenvalue weighted by Crippen LogP contribution is 2.64. The summed E-state index contributed by atoms with van der Waals surface area (Å²) in [6, 6.07) is 23.8. The van der Waals surface area contributed by atoms with Crippen LogP contribution in [0.2, 0.25) is 0 Å². The molecule has 0 saturated carbocycles. The van der Waals surface area contributed by atoms with Gasteiger partial charge in [-0.25, -0.2) is 4.98 Å². The Labute approximate surface area is 197 Å². The number of aromatic amines is 1. The minimum atomic E-state index is -1.09. The Morgan fingerprint density at radius 2 is 1.71 bits per heavy atom. The molecule has 1 unspecified atom stereocenters. The quantitative estimate of drug-likeness (QED) is 0.382. The van der Waals surface area contributed by atoms with Crippen molar-refractivity contribution in [3.05, 3.63) is 112 Å². The number of imidazole rings is 1. The fraction of sp³-hybridized carbons (Fsp3) is 0.214. The summed E-state index contributed by atoms with van der Waals surface area (Å²) in [6.45, 7) is 3.97. The third-order valence-corrected chi connectivity index (χ3v) is 7.51. The number of carbonyl (C=O) groups is 1. The van der Waals surface area contributed by atoms with Gasteiger partial charge in [-0.15, -0.1) is 4.91 Å². The summed E-state index contributed by atoms with van der Waals surface area (Å²) in [7, 11) is 0. The number of anilines is 1. The maximum absolute atomic E-state index is 13.8. The minimum Gasteiger partial charge on any atom is -0.324 e. The van der Waals surface area contributed by atoms with Crippen LogP contribution in [0.4, 0.5) is 5.95 Å². The van der Waals surface area contributed by atoms with Crippen molar-refractivity contribution >= 4 is 11.9 Å². The molecule has 1 aromatic heterocycles. The van der Waals surface area contributed by atoms with Crippen LogP contribution in [0, 0.1) is 17.2 Å². The number of fused-ring (bicyclic) bond motifs is 1. The van der Waals surface area contributed by atoms with Gasteiger partial charge in [-0.05, 0) is 54.2 Å². The standard InChI is InChI=1S/C28H24N4O2/c1-17-8-7-9-18(14-17)23-15-29-26(30-23)31-25(33)27(2)16-28(32-34)21-12-5-3-10-19(21)24(27)20-11-4-6-13-22(20)28/h3-15,24H,16H2,1-2H3,(H2,29,30,31,33). The highest BCUT2D eigenvalue weighted by Gasteiger charge is 2.61. The van der Waals surface area contributed by atoms with Crippen LogP contribution >= 0.6 is 0 Å². The zero-order chi connectivity index (χ0) is 23.5. The molecular formula is C28H24N4O2. The van der Waals surface area contributed by atoms with Crippen molar-refractivity contribution in [1.82, 2.24) is 9.97 Å². The molecule has 34 heavy (non-hydrogen) atoms. The van der Waals surface area contributed by atoms with E-state index >= 15 is 0 Å². The molecule has 1 heterocycles. The van der Waals surface area contributed by atoms with Gasteiger partial charge in [0.2, 0.25) is 11.9 Å². The van der Waals surface area contributed by atoms with E-state index in [1.807, 2.05) is 80.6 Å². The topological polar surface area (TPSA) is 87.2 Å². The van der Waals surface area contributed by atoms with Crippen LogP contribution in [-0.2, 0) is 10.3 Å². The van der Waals surface area contributed by atoms with Gasteiger partial charge in [-0.2, -0.15) is 0 Å². The molecule has 0 aliphatic heterocycles. The van der Waals surface area contributed by atoms with E-state index in [0.29, 0.717) is 12.4 Å². The number of hydrogen-bond donors (Lipinski definition) is 2. The van der Waals surface area contributed by atoms with Crippen LogP contribution in [0.5, 0.6) is 0 Å². The molecule has 0 saturated heterocycles. The molecule has 1 amide bonds. The molecule has 3 aliphatic rings. The van der Waals surface area contributed by atoms with Crippen LogP contribution in [0.1, 0.15) is 47.1 Å². The number of nitrogens with one attached hydrogen (secondary N) is 2. The first-order chi connectivity index (χ1) is 16.5. The smallest absolute Gasteiger partial charge is 0.233 e. The number of aromatic nitrogens is 2. The number of carbonyl (C=O) groups excluding carboxylic acids is 1. The highest BCUT2D eigenvalue weighted by molar-refractivity contribution is 5.96. The van der Waals surface area contributed by atoms with Gasteiger partial charge in [0.1, 0.15) is 0 Å². The second-order valence-electron chi connectivity index (χ2n) is 9.62. The Hall–Kier alpha value is -4.06. The normalized spacial score (nSPS) is 24.2. The van der Waals surface area contributed by atoms with E-state index in [-0.39, 0.29) is 11.8 Å². The summed E-state index contributed by atoms with van der Waals surface area (Å²) >= 11 is 0. The molecule has 2 bridgehead atoms. The fourth-order valence-electron chi connectivity index (χ4n) is 6.01. The van der Waals surface area contributed by atoms with Crippen molar-refractivity contribution in [2.45, 2.75) is 31.7 Å². The zero-order valence-electron chi connectivity index (χ0n) is 19.0. The minimum absolute atomic E-state index is 0.181. The molecule has 7 rings (SSSR count). The lowest BCUT2D eigenvalue weighted by molar-refractivity contribution is -0.127. The number of nitrogens with zero attached hydrogens (tertiary/aromatic N) is 2. The van der Waals surface area contributed by atoms with Gasteiger partial charge in [0.05, 0.1) is 17.3 Å². The van der Waals surface area contributed by atoms with Crippen molar-refractivity contribution in [2.24, 2.45) is 10.6 Å². The zero-order valence-corrected chi connectivity index (χ0v) is 19.0. The first-order valence-corrected chi connectivity index (χ1v) is 11.4. The van der Waals surface area contributed by atoms with Crippen LogP contribution in [0.15, 0.2) is 84.2 Å². The van der Waals surface area contributed by atoms with Gasteiger partial charge in [-0.1, -0.05) is 77.5 Å². The van der Waals surface area contributed by atoms with Crippen LogP contribution < -0.4 is 5.32 Å². The fourth-order valence-corrected chi connectivity index (χ4v) is 6.01. The molecule has 6 heteroatoms. The Morgan fingerprint density at radius 1 is 1.03 bits per heavy atom. The van der Waals surface area contributed by atoms with Crippen LogP contribution in [0.3, 0.4) is 0 Å². The van der Waals surface area contributed by atoms with Gasteiger partial charge < -0.3 is 4.98 Å². The second-order valence-corrected chi connectivity index (χ2v) is 9.62. The molecule has 4 aromatic rings. The van der Waals surface area contributed by atoms with Gasteiger partial charge >= 0.3 is 0 Å². The van der Waals surface area contributed by atoms with E-state index < -0.39 is 11.0 Å². The van der Waals surface area contributed by atoms with Gasteiger partial charge in [0.15, 0.2) is 5.54 Å². The molecule has 3 aromatic carbocycles. The Kier molecular flexibility index (Phi) is 4.36. The molecule has 0 spiro atoms. The third kappa shape index (κ3) is 2.75. The highest BCUT2D eigenvalue weighted by atomic mass is 16.3. The molecule has 0 fully saturated rings. The first kappa shape index (κ1) is 20.5. The van der Waals surface area contributed by atoms with E-state index in [9.17, 15) is 9.70 Å². The predicted molar refractivity (Wildman–Crippen MR) is 131 cm³/mol. The Balaban J connectivity index is 1.41. The summed E-state index contributed by atoms with van der Waals surface area (Å²) in [5.74, 6) is 0.0215. The van der Waals surface area contributed by atoms with Crippen molar-refractivity contribution in [2.75, 3.05) is 5.32 Å². The van der Waals surface area contributed by atoms with Crippen molar-refractivity contribution < 1.29 is 4.79 Å². The first-order valence-electron chi connectivity index (χ1n) is 11.4. The van der Waals surface area contributed by atoms with Gasteiger partial charge in [-0.3, -0.25) is 10.1 Å². The number of nitroso groups, excluding NO2 is 1. The average molecular weight is 449 g/mol. The molecular weight excluding hydrogens is 424 g/mol. The summed E-state index contributed by atoms with van der Waals surface area (Å²) < 4.78 is 0. The van der Waals surface area contributed by atoms with Crippen LogP contribution in [-0.4, -0.2) is 15.9 Å². The monoisotopic (exact) mass is 448 g/mol. The summed E-state index contributed by atoms with van der Waals surface area (Å²) in [6.07, 6.45) is 2.03. The predicted octanol–water partition coefficient (Wildman–Crippen LogP) is 5.89. The van der Waals surface area contributed by atoms with Crippen molar-refractivity contribution in [1.29, 1.82) is 0 Å². The van der Waals surface area contributed by atoms with Crippen LogP contribution in [0.25, 0.3) is 11.3 Å². The summed E-state index contributed by atoms with van der Waals surface area (Å²) in [5, 5.41) is 6.70. The number of H-pyrrole nitrogens is 1. The van der Waals surface area contributed by atoms with Crippen molar-refractivity contribution in [3.63, 3.8) is 0 Å². The Bertz CT molecular complexity index is 1410. The van der Waals surface area contributed by atoms with E-state index in [1.165, 1.54) is 0 Å². The molecule has 6 nitrogen and oxygen atoms in total. The van der Waals surface area contributed by atoms with Crippen molar-refractivity contribution in [3.8, 4) is 11.3 Å². The van der Waals surface area contributed by atoms with Gasteiger partial charge in [0.25, 0.3) is 0 Å².